The molecule has 4 rings (SSSR count). The van der Waals surface area contributed by atoms with Gasteiger partial charge in [-0.15, -0.1) is 0 Å². The Bertz CT molecular complexity index is 746. The zero-order valence-corrected chi connectivity index (χ0v) is 17.7. The van der Waals surface area contributed by atoms with Crippen LogP contribution in [0.4, 0.5) is 0 Å². The van der Waals surface area contributed by atoms with Crippen LogP contribution < -0.4 is 0 Å². The zero-order chi connectivity index (χ0) is 21.2. The van der Waals surface area contributed by atoms with Gasteiger partial charge in [0.2, 0.25) is 0 Å². The van der Waals surface area contributed by atoms with Crippen LogP contribution in [0.3, 0.4) is 0 Å². The van der Waals surface area contributed by atoms with Crippen LogP contribution in [0, 0.1) is 28.6 Å². The lowest BCUT2D eigenvalue weighted by Gasteiger charge is -2.61. The van der Waals surface area contributed by atoms with E-state index in [-0.39, 0.29) is 35.6 Å². The van der Waals surface area contributed by atoms with Crippen molar-refractivity contribution < 1.29 is 29.6 Å². The average molecular weight is 407 g/mol. The van der Waals surface area contributed by atoms with Gasteiger partial charge in [0.05, 0.1) is 11.7 Å². The summed E-state index contributed by atoms with van der Waals surface area (Å²) in [5, 5.41) is 33.6. The van der Waals surface area contributed by atoms with Crippen LogP contribution in [0.5, 0.6) is 0 Å². The van der Waals surface area contributed by atoms with Crippen molar-refractivity contribution >= 4 is 11.8 Å². The largest absolute Gasteiger partial charge is 0.463 e. The van der Waals surface area contributed by atoms with Gasteiger partial charge >= 0.3 is 5.97 Å². The molecule has 6 nitrogen and oxygen atoms in total. The van der Waals surface area contributed by atoms with Crippen molar-refractivity contribution in [3.05, 3.63) is 11.6 Å². The molecule has 3 N–H and O–H groups in total. The molecule has 0 aromatic heterocycles. The number of hydrogen-bond acceptors (Lipinski definition) is 6. The Labute approximate surface area is 172 Å². The van der Waals surface area contributed by atoms with Crippen molar-refractivity contribution in [3.8, 4) is 0 Å². The summed E-state index contributed by atoms with van der Waals surface area (Å²) in [6, 6.07) is 0. The van der Waals surface area contributed by atoms with Gasteiger partial charge in [-0.3, -0.25) is 9.59 Å². The topological polar surface area (TPSA) is 104 Å². The summed E-state index contributed by atoms with van der Waals surface area (Å²) in [5.74, 6) is 0.205. The molecule has 3 fully saturated rings. The number of carbonyl (C=O) groups is 2. The number of aliphatic hydroxyl groups is 3. The van der Waals surface area contributed by atoms with Crippen LogP contribution >= 0.6 is 0 Å². The third kappa shape index (κ3) is 2.94. The van der Waals surface area contributed by atoms with Gasteiger partial charge in [-0.1, -0.05) is 19.4 Å². The third-order valence-electron chi connectivity index (χ3n) is 9.11. The van der Waals surface area contributed by atoms with Gasteiger partial charge in [0, 0.05) is 18.8 Å². The minimum atomic E-state index is -1.39. The Morgan fingerprint density at radius 3 is 2.69 bits per heavy atom. The highest BCUT2D eigenvalue weighted by Crippen LogP contribution is 2.68. The van der Waals surface area contributed by atoms with Crippen molar-refractivity contribution in [2.75, 3.05) is 6.61 Å². The van der Waals surface area contributed by atoms with Crippen molar-refractivity contribution in [1.82, 2.24) is 0 Å². The van der Waals surface area contributed by atoms with Crippen molar-refractivity contribution in [1.29, 1.82) is 0 Å². The van der Waals surface area contributed by atoms with Gasteiger partial charge in [0.15, 0.2) is 5.78 Å². The fourth-order valence-corrected chi connectivity index (χ4v) is 7.61. The van der Waals surface area contributed by atoms with E-state index < -0.39 is 29.2 Å². The zero-order valence-electron chi connectivity index (χ0n) is 17.7. The number of allylic oxidation sites excluding steroid dienone is 1. The minimum absolute atomic E-state index is 0.0710. The first-order valence-corrected chi connectivity index (χ1v) is 11.0. The van der Waals surface area contributed by atoms with Gasteiger partial charge in [0.25, 0.3) is 0 Å². The summed E-state index contributed by atoms with van der Waals surface area (Å²) < 4.78 is 4.99. The summed E-state index contributed by atoms with van der Waals surface area (Å²) in [5.41, 5.74) is -1.02. The van der Waals surface area contributed by atoms with Crippen LogP contribution in [0.25, 0.3) is 0 Å². The van der Waals surface area contributed by atoms with Crippen molar-refractivity contribution in [3.63, 3.8) is 0 Å². The van der Waals surface area contributed by atoms with E-state index in [0.29, 0.717) is 19.3 Å². The van der Waals surface area contributed by atoms with Crippen LogP contribution in [-0.2, 0) is 14.3 Å². The molecule has 0 radical (unpaired) electrons. The van der Waals surface area contributed by atoms with Gasteiger partial charge in [-0.05, 0) is 67.8 Å². The number of ether oxygens (including phenoxy) is 1. The number of aliphatic hydroxyl groups excluding tert-OH is 2. The summed E-state index contributed by atoms with van der Waals surface area (Å²) in [6.07, 6.45) is 4.72. The van der Waals surface area contributed by atoms with Crippen LogP contribution in [0.1, 0.15) is 65.7 Å². The first kappa shape index (κ1) is 21.0. The second-order valence-corrected chi connectivity index (χ2v) is 10.4. The molecule has 4 aliphatic rings. The van der Waals surface area contributed by atoms with Crippen molar-refractivity contribution in [2.45, 2.75) is 83.5 Å². The Balaban J connectivity index is 1.65. The average Bonchev–Trinajstić information content (AvgIpc) is 2.91. The lowest BCUT2D eigenvalue weighted by molar-refractivity contribution is -0.210. The molecule has 0 amide bonds. The molecule has 0 spiro atoms. The highest BCUT2D eigenvalue weighted by molar-refractivity contribution is 5.91. The van der Waals surface area contributed by atoms with E-state index in [1.165, 1.54) is 12.5 Å². The lowest BCUT2D eigenvalue weighted by atomic mass is 9.45. The summed E-state index contributed by atoms with van der Waals surface area (Å²) in [7, 11) is 0. The molecule has 4 aliphatic carbocycles. The van der Waals surface area contributed by atoms with E-state index in [4.69, 9.17) is 4.74 Å². The molecule has 0 bridgehead atoms. The Hall–Kier alpha value is -1.24. The van der Waals surface area contributed by atoms with E-state index in [9.17, 15) is 24.9 Å². The maximum absolute atomic E-state index is 12.0. The van der Waals surface area contributed by atoms with Gasteiger partial charge in [0.1, 0.15) is 12.7 Å². The second-order valence-electron chi connectivity index (χ2n) is 10.4. The SMILES string of the molecule is CC(=O)OC[C@@H](O)[C@]1(O)CC[C@@H]2[C@H]3CCC4=CC(=O)CC[C@]4(C)[C@@H]3[C@@H](O)C[C@]21C. The van der Waals surface area contributed by atoms with E-state index in [1.54, 1.807) is 0 Å². The molecular weight excluding hydrogens is 372 g/mol. The van der Waals surface area contributed by atoms with E-state index in [0.717, 1.165) is 25.7 Å². The maximum Gasteiger partial charge on any atom is 0.302 e. The third-order valence-corrected chi connectivity index (χ3v) is 9.11. The molecular formula is C23H34O6. The number of rotatable bonds is 3. The van der Waals surface area contributed by atoms with Crippen LogP contribution in [0.15, 0.2) is 11.6 Å². The lowest BCUT2D eigenvalue weighted by Crippen LogP contribution is -2.63. The smallest absolute Gasteiger partial charge is 0.302 e. The number of hydrogen-bond donors (Lipinski definition) is 3. The maximum atomic E-state index is 12.0. The van der Waals surface area contributed by atoms with E-state index >= 15 is 0 Å². The molecule has 162 valence electrons. The van der Waals surface area contributed by atoms with Gasteiger partial charge in [-0.2, -0.15) is 0 Å². The highest BCUT2D eigenvalue weighted by atomic mass is 16.5. The number of esters is 1. The first-order valence-electron chi connectivity index (χ1n) is 11.0. The fourth-order valence-electron chi connectivity index (χ4n) is 7.61. The molecule has 0 unspecified atom stereocenters. The normalized spacial score (nSPS) is 47.5. The molecule has 8 atom stereocenters. The minimum Gasteiger partial charge on any atom is -0.463 e. The van der Waals surface area contributed by atoms with Crippen LogP contribution in [-0.4, -0.2) is 51.5 Å². The monoisotopic (exact) mass is 406 g/mol. The molecule has 0 aromatic carbocycles. The molecule has 3 saturated carbocycles. The predicted octanol–water partition coefficient (Wildman–Crippen LogP) is 2.14. The highest BCUT2D eigenvalue weighted by Gasteiger charge is 2.68. The summed E-state index contributed by atoms with van der Waals surface area (Å²) in [4.78, 5) is 23.1. The molecule has 29 heavy (non-hydrogen) atoms. The molecule has 6 heteroatoms. The molecule has 0 saturated heterocycles. The number of carbonyl (C=O) groups excluding carboxylic acids is 2. The van der Waals surface area contributed by atoms with E-state index in [2.05, 4.69) is 6.92 Å². The summed E-state index contributed by atoms with van der Waals surface area (Å²) in [6.45, 7) is 5.24. The van der Waals surface area contributed by atoms with Gasteiger partial charge < -0.3 is 20.1 Å². The predicted molar refractivity (Wildman–Crippen MR) is 106 cm³/mol. The Morgan fingerprint density at radius 2 is 2.00 bits per heavy atom. The number of fused-ring (bicyclic) bond motifs is 5. The summed E-state index contributed by atoms with van der Waals surface area (Å²) >= 11 is 0. The molecule has 0 heterocycles. The number of ketones is 1. The fraction of sp³-hybridized carbons (Fsp3) is 0.826. The Kier molecular flexibility index (Phi) is 4.99. The van der Waals surface area contributed by atoms with Gasteiger partial charge in [-0.25, -0.2) is 0 Å². The quantitative estimate of drug-likeness (QED) is 0.621. The Morgan fingerprint density at radius 1 is 1.28 bits per heavy atom. The first-order chi connectivity index (χ1) is 13.5. The molecule has 0 aliphatic heterocycles. The van der Waals surface area contributed by atoms with Crippen molar-refractivity contribution in [2.24, 2.45) is 28.6 Å². The van der Waals surface area contributed by atoms with E-state index in [1.807, 2.05) is 13.0 Å². The van der Waals surface area contributed by atoms with Crippen LogP contribution in [0.2, 0.25) is 0 Å². The standard InChI is InChI=1S/C23H34O6/c1-13(24)29-12-19(27)23(28)9-7-17-16-5-4-14-10-15(25)6-8-21(14,2)20(16)18(26)11-22(17,23)3/h10,16-20,26-28H,4-9,11-12H2,1-3H3/t16-,17-,18+,19-,20+,21+,22-,23-/m1/s1. The molecule has 0 aromatic rings. The second kappa shape index (κ2) is 6.89.